The van der Waals surface area contributed by atoms with Crippen molar-refractivity contribution in [3.63, 3.8) is 0 Å². The molecule has 0 N–H and O–H groups in total. The minimum Gasteiger partial charge on any atom is -0.464 e. The van der Waals surface area contributed by atoms with Gasteiger partial charge in [-0.25, -0.2) is 0 Å². The average molecular weight is 244 g/mol. The van der Waals surface area contributed by atoms with Gasteiger partial charge in [0.2, 0.25) is 0 Å². The van der Waals surface area contributed by atoms with Crippen molar-refractivity contribution in [3.8, 4) is 0 Å². The highest BCUT2D eigenvalue weighted by Crippen LogP contribution is 2.07. The van der Waals surface area contributed by atoms with Crippen molar-refractivity contribution in [1.82, 2.24) is 9.80 Å². The number of hydrogen-bond donors (Lipinski definition) is 0. The highest BCUT2D eigenvalue weighted by Gasteiger charge is 2.20. The molecule has 100 valence electrons. The highest BCUT2D eigenvalue weighted by molar-refractivity contribution is 5.70. The zero-order valence-corrected chi connectivity index (χ0v) is 11.1. The third kappa shape index (κ3) is 6.00. The summed E-state index contributed by atoms with van der Waals surface area (Å²) in [5.74, 6) is -0.106. The summed E-state index contributed by atoms with van der Waals surface area (Å²) in [7, 11) is 3.92. The molecule has 1 fully saturated rings. The second-order valence-electron chi connectivity index (χ2n) is 4.73. The van der Waals surface area contributed by atoms with Gasteiger partial charge in [-0.3, -0.25) is 9.69 Å². The number of carbonyl (C=O) groups is 1. The normalized spacial score (nSPS) is 19.3. The molecule has 0 bridgehead atoms. The van der Waals surface area contributed by atoms with Gasteiger partial charge in [0, 0.05) is 25.7 Å². The largest absolute Gasteiger partial charge is 0.464 e. The van der Waals surface area contributed by atoms with Crippen LogP contribution in [-0.4, -0.2) is 75.4 Å². The van der Waals surface area contributed by atoms with Crippen LogP contribution in [0.2, 0.25) is 0 Å². The third-order valence-corrected chi connectivity index (χ3v) is 2.93. The molecule has 1 atom stereocenters. The first-order chi connectivity index (χ1) is 8.09. The molecule has 1 aliphatic rings. The number of morpholine rings is 1. The van der Waals surface area contributed by atoms with Crippen LogP contribution in [0.4, 0.5) is 0 Å². The molecule has 0 aromatic heterocycles. The van der Waals surface area contributed by atoms with E-state index in [9.17, 15) is 4.79 Å². The van der Waals surface area contributed by atoms with Gasteiger partial charge in [-0.2, -0.15) is 0 Å². The summed E-state index contributed by atoms with van der Waals surface area (Å²) in [4.78, 5) is 15.9. The maximum Gasteiger partial charge on any atom is 0.307 e. The Bertz CT molecular complexity index is 228. The molecule has 5 nitrogen and oxygen atoms in total. The zero-order valence-electron chi connectivity index (χ0n) is 11.1. The predicted octanol–water partition coefficient (Wildman–Crippen LogP) is 0.202. The smallest absolute Gasteiger partial charge is 0.307 e. The molecule has 0 aromatic carbocycles. The molecule has 0 aromatic rings. The Morgan fingerprint density at radius 1 is 1.41 bits per heavy atom. The van der Waals surface area contributed by atoms with E-state index in [1.165, 1.54) is 0 Å². The molecule has 0 spiro atoms. The van der Waals surface area contributed by atoms with Crippen molar-refractivity contribution >= 4 is 5.97 Å². The number of likely N-dealkylation sites (N-methyl/N-ethyl adjacent to an activating group) is 1. The lowest BCUT2D eigenvalue weighted by Crippen LogP contribution is -2.43. The molecular formula is C12H24N2O3. The quantitative estimate of drug-likeness (QED) is 0.625. The molecule has 1 rings (SSSR count). The molecular weight excluding hydrogens is 220 g/mol. The van der Waals surface area contributed by atoms with Gasteiger partial charge < -0.3 is 14.4 Å². The van der Waals surface area contributed by atoms with Gasteiger partial charge >= 0.3 is 5.97 Å². The van der Waals surface area contributed by atoms with E-state index in [0.29, 0.717) is 13.0 Å². The first-order valence-electron chi connectivity index (χ1n) is 6.21. The molecule has 0 radical (unpaired) electrons. The summed E-state index contributed by atoms with van der Waals surface area (Å²) < 4.78 is 10.5. The molecule has 0 amide bonds. The molecule has 1 unspecified atom stereocenters. The lowest BCUT2D eigenvalue weighted by Gasteiger charge is -2.31. The standard InChI is InChI=1S/C12H24N2O3/c1-11(14-5-7-16-8-6-14)10-12(15)17-9-4-13(2)3/h11H,4-10H2,1-3H3. The lowest BCUT2D eigenvalue weighted by molar-refractivity contribution is -0.145. The molecule has 0 aliphatic carbocycles. The second-order valence-corrected chi connectivity index (χ2v) is 4.73. The van der Waals surface area contributed by atoms with E-state index in [1.54, 1.807) is 0 Å². The van der Waals surface area contributed by atoms with Gasteiger partial charge in [-0.05, 0) is 21.0 Å². The van der Waals surface area contributed by atoms with E-state index < -0.39 is 0 Å². The van der Waals surface area contributed by atoms with Crippen LogP contribution < -0.4 is 0 Å². The van der Waals surface area contributed by atoms with Gasteiger partial charge in [0.15, 0.2) is 0 Å². The monoisotopic (exact) mass is 244 g/mol. The molecule has 17 heavy (non-hydrogen) atoms. The van der Waals surface area contributed by atoms with Crippen LogP contribution in [0.1, 0.15) is 13.3 Å². The Morgan fingerprint density at radius 3 is 2.65 bits per heavy atom. The average Bonchev–Trinajstić information content (AvgIpc) is 2.29. The minimum absolute atomic E-state index is 0.106. The van der Waals surface area contributed by atoms with E-state index in [0.717, 1.165) is 32.8 Å². The fourth-order valence-electron chi connectivity index (χ4n) is 1.79. The maximum atomic E-state index is 11.6. The van der Waals surface area contributed by atoms with Crippen LogP contribution in [0.3, 0.4) is 0 Å². The second kappa shape index (κ2) is 7.63. The topological polar surface area (TPSA) is 42.0 Å². The van der Waals surface area contributed by atoms with E-state index >= 15 is 0 Å². The fourth-order valence-corrected chi connectivity index (χ4v) is 1.79. The lowest BCUT2D eigenvalue weighted by atomic mass is 10.2. The summed E-state index contributed by atoms with van der Waals surface area (Å²) in [6.45, 7) is 6.66. The summed E-state index contributed by atoms with van der Waals surface area (Å²) in [5.41, 5.74) is 0. The van der Waals surface area contributed by atoms with E-state index in [2.05, 4.69) is 11.8 Å². The van der Waals surface area contributed by atoms with Crippen molar-refractivity contribution in [3.05, 3.63) is 0 Å². The maximum absolute atomic E-state index is 11.6. The van der Waals surface area contributed by atoms with Gasteiger partial charge in [0.25, 0.3) is 0 Å². The van der Waals surface area contributed by atoms with Crippen molar-refractivity contribution in [1.29, 1.82) is 0 Å². The number of ether oxygens (including phenoxy) is 2. The Balaban J connectivity index is 2.15. The van der Waals surface area contributed by atoms with Crippen molar-refractivity contribution in [2.75, 3.05) is 53.6 Å². The third-order valence-electron chi connectivity index (χ3n) is 2.93. The van der Waals surface area contributed by atoms with E-state index in [1.807, 2.05) is 19.0 Å². The van der Waals surface area contributed by atoms with Gasteiger partial charge in [0.05, 0.1) is 19.6 Å². The van der Waals surface area contributed by atoms with Gasteiger partial charge in [-0.1, -0.05) is 0 Å². The number of esters is 1. The molecule has 1 aliphatic heterocycles. The molecule has 0 saturated carbocycles. The van der Waals surface area contributed by atoms with Gasteiger partial charge in [-0.15, -0.1) is 0 Å². The Hall–Kier alpha value is -0.650. The van der Waals surface area contributed by atoms with E-state index in [4.69, 9.17) is 9.47 Å². The van der Waals surface area contributed by atoms with Crippen LogP contribution >= 0.6 is 0 Å². The summed E-state index contributed by atoms with van der Waals surface area (Å²) in [5, 5.41) is 0. The minimum atomic E-state index is -0.106. The van der Waals surface area contributed by atoms with Crippen LogP contribution in [-0.2, 0) is 14.3 Å². The SMILES string of the molecule is CC(CC(=O)OCCN(C)C)N1CCOCC1. The van der Waals surface area contributed by atoms with Crippen LogP contribution in [0, 0.1) is 0 Å². The Kier molecular flexibility index (Phi) is 6.47. The van der Waals surface area contributed by atoms with Crippen molar-refractivity contribution in [2.45, 2.75) is 19.4 Å². The number of hydrogen-bond acceptors (Lipinski definition) is 5. The van der Waals surface area contributed by atoms with Gasteiger partial charge in [0.1, 0.15) is 6.61 Å². The first kappa shape index (κ1) is 14.4. The van der Waals surface area contributed by atoms with Crippen LogP contribution in [0.25, 0.3) is 0 Å². The Morgan fingerprint density at radius 2 is 2.06 bits per heavy atom. The summed E-state index contributed by atoms with van der Waals surface area (Å²) in [6.07, 6.45) is 0.466. The van der Waals surface area contributed by atoms with Crippen molar-refractivity contribution in [2.24, 2.45) is 0 Å². The highest BCUT2D eigenvalue weighted by atomic mass is 16.5. The van der Waals surface area contributed by atoms with Crippen LogP contribution in [0.5, 0.6) is 0 Å². The molecule has 5 heteroatoms. The zero-order chi connectivity index (χ0) is 12.7. The number of carbonyl (C=O) groups excluding carboxylic acids is 1. The number of rotatable bonds is 6. The van der Waals surface area contributed by atoms with Crippen molar-refractivity contribution < 1.29 is 14.3 Å². The Labute approximate surface area is 104 Å². The van der Waals surface area contributed by atoms with Crippen LogP contribution in [0.15, 0.2) is 0 Å². The predicted molar refractivity (Wildman–Crippen MR) is 66.0 cm³/mol. The molecule has 1 saturated heterocycles. The summed E-state index contributed by atoms with van der Waals surface area (Å²) in [6, 6.07) is 0.241. The summed E-state index contributed by atoms with van der Waals surface area (Å²) >= 11 is 0. The first-order valence-corrected chi connectivity index (χ1v) is 6.21. The van der Waals surface area contributed by atoms with E-state index in [-0.39, 0.29) is 12.0 Å². The molecule has 1 heterocycles. The fraction of sp³-hybridized carbons (Fsp3) is 0.917. The number of nitrogens with zero attached hydrogens (tertiary/aromatic N) is 2.